The molecule has 5 heteroatoms. The predicted molar refractivity (Wildman–Crippen MR) is 87.4 cm³/mol. The van der Waals surface area contributed by atoms with Crippen molar-refractivity contribution in [2.24, 2.45) is 10.9 Å². The van der Waals surface area contributed by atoms with E-state index in [4.69, 9.17) is 4.74 Å². The van der Waals surface area contributed by atoms with E-state index in [1.54, 1.807) is 11.3 Å². The van der Waals surface area contributed by atoms with Crippen molar-refractivity contribution in [2.45, 2.75) is 33.7 Å². The van der Waals surface area contributed by atoms with Gasteiger partial charge in [0.1, 0.15) is 0 Å². The van der Waals surface area contributed by atoms with Crippen LogP contribution in [-0.4, -0.2) is 32.3 Å². The van der Waals surface area contributed by atoms with Crippen LogP contribution in [0.2, 0.25) is 0 Å². The predicted octanol–water partition coefficient (Wildman–Crippen LogP) is 2.87. The number of hydrogen-bond donors (Lipinski definition) is 2. The molecule has 1 heterocycles. The fourth-order valence-electron chi connectivity index (χ4n) is 1.56. The zero-order valence-corrected chi connectivity index (χ0v) is 13.6. The first kappa shape index (κ1) is 17.0. The minimum Gasteiger partial charge on any atom is -0.380 e. The molecule has 0 saturated heterocycles. The molecular formula is C15H27N3OS. The third-order valence-electron chi connectivity index (χ3n) is 2.70. The molecule has 0 aliphatic heterocycles. The van der Waals surface area contributed by atoms with Crippen molar-refractivity contribution >= 4 is 17.3 Å². The van der Waals surface area contributed by atoms with Crippen LogP contribution in [0.25, 0.3) is 0 Å². The van der Waals surface area contributed by atoms with Gasteiger partial charge >= 0.3 is 0 Å². The quantitative estimate of drug-likeness (QED) is 0.418. The second kappa shape index (κ2) is 10.7. The topological polar surface area (TPSA) is 45.7 Å². The third-order valence-corrected chi connectivity index (χ3v) is 3.56. The zero-order valence-electron chi connectivity index (χ0n) is 12.8. The Morgan fingerprint density at radius 2 is 2.20 bits per heavy atom. The van der Waals surface area contributed by atoms with Gasteiger partial charge in [-0.3, -0.25) is 0 Å². The standard InChI is InChI=1S/C15H27N3OS/c1-4-16-15(18-12-14-6-5-11-20-14)17-8-10-19-9-7-13(2)3/h5-6,11,13H,4,7-10,12H2,1-3H3,(H2,16,17,18). The summed E-state index contributed by atoms with van der Waals surface area (Å²) < 4.78 is 5.58. The van der Waals surface area contributed by atoms with Gasteiger partial charge < -0.3 is 15.4 Å². The van der Waals surface area contributed by atoms with Gasteiger partial charge in [-0.15, -0.1) is 11.3 Å². The Morgan fingerprint density at radius 1 is 1.35 bits per heavy atom. The van der Waals surface area contributed by atoms with Crippen LogP contribution in [0.15, 0.2) is 22.5 Å². The van der Waals surface area contributed by atoms with Crippen LogP contribution in [0.5, 0.6) is 0 Å². The molecule has 0 aliphatic carbocycles. The van der Waals surface area contributed by atoms with Crippen molar-refractivity contribution in [3.05, 3.63) is 22.4 Å². The molecule has 1 rings (SSSR count). The Balaban J connectivity index is 2.19. The maximum Gasteiger partial charge on any atom is 0.191 e. The molecule has 0 spiro atoms. The monoisotopic (exact) mass is 297 g/mol. The first-order valence-corrected chi connectivity index (χ1v) is 8.22. The highest BCUT2D eigenvalue weighted by molar-refractivity contribution is 7.09. The SMILES string of the molecule is CCNC(=NCc1cccs1)NCCOCCC(C)C. The number of hydrogen-bond acceptors (Lipinski definition) is 3. The summed E-state index contributed by atoms with van der Waals surface area (Å²) in [6, 6.07) is 4.16. The summed E-state index contributed by atoms with van der Waals surface area (Å²) in [6.45, 7) is 10.4. The van der Waals surface area contributed by atoms with Gasteiger partial charge in [0.25, 0.3) is 0 Å². The van der Waals surface area contributed by atoms with Crippen molar-refractivity contribution in [3.8, 4) is 0 Å². The van der Waals surface area contributed by atoms with Crippen molar-refractivity contribution in [2.75, 3.05) is 26.3 Å². The van der Waals surface area contributed by atoms with Gasteiger partial charge in [0.05, 0.1) is 13.2 Å². The molecule has 0 unspecified atom stereocenters. The minimum absolute atomic E-state index is 0.702. The number of ether oxygens (including phenoxy) is 1. The maximum absolute atomic E-state index is 5.58. The molecule has 114 valence electrons. The van der Waals surface area contributed by atoms with Crippen LogP contribution >= 0.6 is 11.3 Å². The van der Waals surface area contributed by atoms with E-state index in [0.29, 0.717) is 5.92 Å². The Morgan fingerprint density at radius 3 is 2.85 bits per heavy atom. The van der Waals surface area contributed by atoms with Crippen molar-refractivity contribution in [1.29, 1.82) is 0 Å². The van der Waals surface area contributed by atoms with Gasteiger partial charge in [-0.2, -0.15) is 0 Å². The van der Waals surface area contributed by atoms with Gasteiger partial charge in [-0.25, -0.2) is 4.99 Å². The van der Waals surface area contributed by atoms with Gasteiger partial charge in [0.15, 0.2) is 5.96 Å². The summed E-state index contributed by atoms with van der Waals surface area (Å²) in [5.74, 6) is 1.56. The Bertz CT molecular complexity index is 363. The van der Waals surface area contributed by atoms with E-state index in [1.807, 2.05) is 0 Å². The molecular weight excluding hydrogens is 270 g/mol. The number of guanidine groups is 1. The van der Waals surface area contributed by atoms with E-state index in [2.05, 4.69) is 53.9 Å². The third kappa shape index (κ3) is 8.17. The molecule has 0 fully saturated rings. The lowest BCUT2D eigenvalue weighted by Crippen LogP contribution is -2.39. The fraction of sp³-hybridized carbons (Fsp3) is 0.667. The maximum atomic E-state index is 5.58. The molecule has 4 nitrogen and oxygen atoms in total. The molecule has 1 aromatic rings. The Labute approximate surface area is 126 Å². The van der Waals surface area contributed by atoms with Crippen molar-refractivity contribution in [1.82, 2.24) is 10.6 Å². The summed E-state index contributed by atoms with van der Waals surface area (Å²) in [5, 5.41) is 8.61. The van der Waals surface area contributed by atoms with Gasteiger partial charge in [-0.1, -0.05) is 19.9 Å². The average molecular weight is 297 g/mol. The average Bonchev–Trinajstić information content (AvgIpc) is 2.92. The van der Waals surface area contributed by atoms with Crippen LogP contribution < -0.4 is 10.6 Å². The Kier molecular flexibility index (Phi) is 9.07. The summed E-state index contributed by atoms with van der Waals surface area (Å²) in [6.07, 6.45) is 1.12. The highest BCUT2D eigenvalue weighted by atomic mass is 32.1. The molecule has 0 aromatic carbocycles. The van der Waals surface area contributed by atoms with Crippen LogP contribution in [0.1, 0.15) is 32.1 Å². The van der Waals surface area contributed by atoms with Crippen LogP contribution in [0.4, 0.5) is 0 Å². The van der Waals surface area contributed by atoms with Crippen molar-refractivity contribution < 1.29 is 4.74 Å². The lowest BCUT2D eigenvalue weighted by Gasteiger charge is -2.11. The van der Waals surface area contributed by atoms with Gasteiger partial charge in [0.2, 0.25) is 0 Å². The Hall–Kier alpha value is -1.07. The normalized spacial score (nSPS) is 11.9. The minimum atomic E-state index is 0.702. The fourth-order valence-corrected chi connectivity index (χ4v) is 2.19. The number of aliphatic imine (C=N–C) groups is 1. The van der Waals surface area contributed by atoms with Gasteiger partial charge in [-0.05, 0) is 30.7 Å². The summed E-state index contributed by atoms with van der Waals surface area (Å²) in [4.78, 5) is 5.82. The molecule has 1 aromatic heterocycles. The van der Waals surface area contributed by atoms with Crippen LogP contribution in [0.3, 0.4) is 0 Å². The molecule has 2 N–H and O–H groups in total. The first-order chi connectivity index (χ1) is 9.72. The number of thiophene rings is 1. The smallest absolute Gasteiger partial charge is 0.191 e. The molecule has 0 radical (unpaired) electrons. The summed E-state index contributed by atoms with van der Waals surface area (Å²) >= 11 is 1.73. The second-order valence-electron chi connectivity index (χ2n) is 5.00. The molecule has 0 aliphatic rings. The number of nitrogens with zero attached hydrogens (tertiary/aromatic N) is 1. The molecule has 0 amide bonds. The van der Waals surface area contributed by atoms with E-state index in [1.165, 1.54) is 4.88 Å². The van der Waals surface area contributed by atoms with Crippen LogP contribution in [0, 0.1) is 5.92 Å². The number of nitrogens with one attached hydrogen (secondary N) is 2. The molecule has 0 saturated carbocycles. The highest BCUT2D eigenvalue weighted by Gasteiger charge is 1.98. The van der Waals surface area contributed by atoms with Crippen LogP contribution in [-0.2, 0) is 11.3 Å². The van der Waals surface area contributed by atoms with E-state index in [0.717, 1.165) is 45.2 Å². The lowest BCUT2D eigenvalue weighted by atomic mass is 10.1. The molecule has 0 atom stereocenters. The highest BCUT2D eigenvalue weighted by Crippen LogP contribution is 2.09. The number of rotatable bonds is 9. The van der Waals surface area contributed by atoms with E-state index in [-0.39, 0.29) is 0 Å². The summed E-state index contributed by atoms with van der Waals surface area (Å²) in [7, 11) is 0. The van der Waals surface area contributed by atoms with Gasteiger partial charge in [0, 0.05) is 24.6 Å². The second-order valence-corrected chi connectivity index (χ2v) is 6.03. The van der Waals surface area contributed by atoms with Crippen molar-refractivity contribution in [3.63, 3.8) is 0 Å². The van der Waals surface area contributed by atoms with E-state index >= 15 is 0 Å². The van der Waals surface area contributed by atoms with E-state index < -0.39 is 0 Å². The lowest BCUT2D eigenvalue weighted by molar-refractivity contribution is 0.128. The first-order valence-electron chi connectivity index (χ1n) is 7.34. The molecule has 20 heavy (non-hydrogen) atoms. The largest absolute Gasteiger partial charge is 0.380 e. The van der Waals surface area contributed by atoms with E-state index in [9.17, 15) is 0 Å². The molecule has 0 bridgehead atoms. The zero-order chi connectivity index (χ0) is 14.6. The summed E-state index contributed by atoms with van der Waals surface area (Å²) in [5.41, 5.74) is 0.